The Bertz CT molecular complexity index is 1110. The Morgan fingerprint density at radius 1 is 1.08 bits per heavy atom. The number of hydrogen-bond acceptors (Lipinski definition) is 5. The van der Waals surface area contributed by atoms with Gasteiger partial charge in [0.15, 0.2) is 0 Å². The maximum absolute atomic E-state index is 13.8. The molecule has 9 heteroatoms. The second-order valence-electron chi connectivity index (χ2n) is 9.04. The molecule has 37 heavy (non-hydrogen) atoms. The normalized spacial score (nSPS) is 12.0. The van der Waals surface area contributed by atoms with E-state index in [4.69, 9.17) is 20.4 Å². The first-order valence-corrected chi connectivity index (χ1v) is 12.6. The topological polar surface area (TPSA) is 98.0 Å². The third-order valence-electron chi connectivity index (χ3n) is 5.61. The summed E-state index contributed by atoms with van der Waals surface area (Å²) < 4.78 is 52.4. The molecule has 0 amide bonds. The van der Waals surface area contributed by atoms with E-state index in [1.54, 1.807) is 6.07 Å². The second-order valence-corrected chi connectivity index (χ2v) is 9.04. The number of rotatable bonds is 11. The van der Waals surface area contributed by atoms with Crippen molar-refractivity contribution in [1.82, 2.24) is 10.1 Å². The summed E-state index contributed by atoms with van der Waals surface area (Å²) >= 11 is 0. The van der Waals surface area contributed by atoms with Gasteiger partial charge >= 0.3 is 6.18 Å². The number of halogens is 3. The third kappa shape index (κ3) is 9.90. The van der Waals surface area contributed by atoms with Crippen LogP contribution in [-0.4, -0.2) is 22.6 Å². The molecule has 1 atom stereocenters. The number of benzene rings is 2. The SMILES string of the molecule is CC(=N)N.CCCC[C@H](C)c1nc(-c2ccc(CCc3ccc(OCCC)cc3)c(C(F)(F)F)c2)no1. The average molecular weight is 519 g/mol. The molecule has 1 aromatic heterocycles. The number of amidine groups is 1. The Labute approximate surface area is 216 Å². The molecule has 0 aliphatic heterocycles. The van der Waals surface area contributed by atoms with Crippen molar-refractivity contribution in [2.75, 3.05) is 6.61 Å². The van der Waals surface area contributed by atoms with E-state index in [0.29, 0.717) is 24.5 Å². The zero-order chi connectivity index (χ0) is 27.4. The quantitative estimate of drug-likeness (QED) is 0.202. The van der Waals surface area contributed by atoms with Crippen molar-refractivity contribution in [3.8, 4) is 17.1 Å². The van der Waals surface area contributed by atoms with Gasteiger partial charge in [-0.2, -0.15) is 18.2 Å². The lowest BCUT2D eigenvalue weighted by Crippen LogP contribution is -2.10. The molecule has 0 aliphatic carbocycles. The largest absolute Gasteiger partial charge is 0.494 e. The zero-order valence-electron chi connectivity index (χ0n) is 22.0. The van der Waals surface area contributed by atoms with Gasteiger partial charge in [0.1, 0.15) is 5.75 Å². The molecule has 0 aliphatic rings. The van der Waals surface area contributed by atoms with Crippen LogP contribution in [0.5, 0.6) is 5.75 Å². The average Bonchev–Trinajstić information content (AvgIpc) is 3.35. The summed E-state index contributed by atoms with van der Waals surface area (Å²) in [4.78, 5) is 4.35. The number of unbranched alkanes of at least 4 members (excludes halogenated alkanes) is 1. The van der Waals surface area contributed by atoms with Crippen LogP contribution in [0.15, 0.2) is 47.0 Å². The molecular formula is C28H37F3N4O2. The van der Waals surface area contributed by atoms with Gasteiger partial charge in [-0.25, -0.2) is 0 Å². The van der Waals surface area contributed by atoms with Gasteiger partial charge in [0.05, 0.1) is 18.0 Å². The van der Waals surface area contributed by atoms with Crippen LogP contribution in [0.4, 0.5) is 13.2 Å². The molecule has 3 aromatic rings. The van der Waals surface area contributed by atoms with Crippen LogP contribution in [0.25, 0.3) is 11.4 Å². The molecule has 0 spiro atoms. The number of nitrogens with one attached hydrogen (secondary N) is 1. The fraction of sp³-hybridized carbons (Fsp3) is 0.464. The van der Waals surface area contributed by atoms with E-state index < -0.39 is 11.7 Å². The highest BCUT2D eigenvalue weighted by molar-refractivity contribution is 5.73. The number of hydrogen-bond donors (Lipinski definition) is 2. The lowest BCUT2D eigenvalue weighted by Gasteiger charge is -2.14. The molecule has 0 saturated heterocycles. The number of nitrogens with zero attached hydrogens (tertiary/aromatic N) is 2. The van der Waals surface area contributed by atoms with Gasteiger partial charge < -0.3 is 15.0 Å². The minimum atomic E-state index is -4.47. The van der Waals surface area contributed by atoms with Crippen LogP contribution in [0.3, 0.4) is 0 Å². The maximum atomic E-state index is 13.8. The lowest BCUT2D eigenvalue weighted by atomic mass is 9.97. The van der Waals surface area contributed by atoms with E-state index in [1.165, 1.54) is 13.0 Å². The van der Waals surface area contributed by atoms with Crippen LogP contribution >= 0.6 is 0 Å². The maximum Gasteiger partial charge on any atom is 0.416 e. The van der Waals surface area contributed by atoms with E-state index in [2.05, 4.69) is 17.1 Å². The van der Waals surface area contributed by atoms with Gasteiger partial charge in [-0.15, -0.1) is 0 Å². The van der Waals surface area contributed by atoms with Gasteiger partial charge in [-0.1, -0.05) is 63.0 Å². The summed E-state index contributed by atoms with van der Waals surface area (Å²) in [6.45, 7) is 8.28. The van der Waals surface area contributed by atoms with Crippen molar-refractivity contribution in [3.63, 3.8) is 0 Å². The summed E-state index contributed by atoms with van der Waals surface area (Å²) in [7, 11) is 0. The second kappa shape index (κ2) is 14.4. The highest BCUT2D eigenvalue weighted by Crippen LogP contribution is 2.35. The van der Waals surface area contributed by atoms with E-state index in [0.717, 1.165) is 43.1 Å². The highest BCUT2D eigenvalue weighted by atomic mass is 19.4. The fourth-order valence-electron chi connectivity index (χ4n) is 3.64. The van der Waals surface area contributed by atoms with E-state index in [9.17, 15) is 13.2 Å². The Morgan fingerprint density at radius 3 is 2.35 bits per heavy atom. The van der Waals surface area contributed by atoms with Crippen LogP contribution in [0, 0.1) is 5.41 Å². The molecule has 0 radical (unpaired) electrons. The molecular weight excluding hydrogens is 481 g/mol. The lowest BCUT2D eigenvalue weighted by molar-refractivity contribution is -0.138. The molecule has 2 aromatic carbocycles. The first kappa shape index (κ1) is 29.9. The summed E-state index contributed by atoms with van der Waals surface area (Å²) in [6.07, 6.45) is 0.203. The zero-order valence-corrected chi connectivity index (χ0v) is 22.0. The van der Waals surface area contributed by atoms with Gasteiger partial charge in [0.2, 0.25) is 11.7 Å². The predicted molar refractivity (Wildman–Crippen MR) is 140 cm³/mol. The monoisotopic (exact) mass is 518 g/mol. The number of nitrogens with two attached hydrogens (primary N) is 1. The van der Waals surface area contributed by atoms with Crippen molar-refractivity contribution < 1.29 is 22.4 Å². The van der Waals surface area contributed by atoms with E-state index >= 15 is 0 Å². The predicted octanol–water partition coefficient (Wildman–Crippen LogP) is 7.57. The molecule has 0 unspecified atom stereocenters. The number of aromatic nitrogens is 2. The molecule has 202 valence electrons. The number of aryl methyl sites for hydroxylation is 2. The number of ether oxygens (including phenoxy) is 1. The summed E-state index contributed by atoms with van der Waals surface area (Å²) in [5.74, 6) is 1.66. The molecule has 1 heterocycles. The first-order valence-electron chi connectivity index (χ1n) is 12.6. The standard InChI is InChI=1S/C26H31F3N2O2.C2H6N2/c1-4-6-7-18(3)25-30-24(31-33-25)21-13-12-20(23(17-21)26(27,28)29)11-8-19-9-14-22(15-10-19)32-16-5-2;1-2(3)4/h9-10,12-15,17-18H,4-8,11,16H2,1-3H3;1H3,(H3,3,4)/t18-;/m0./s1. The summed E-state index contributed by atoms with van der Waals surface area (Å²) in [5, 5.41) is 10.2. The van der Waals surface area contributed by atoms with Crippen LogP contribution in [-0.2, 0) is 19.0 Å². The Hall–Kier alpha value is -3.36. The highest BCUT2D eigenvalue weighted by Gasteiger charge is 2.34. The summed E-state index contributed by atoms with van der Waals surface area (Å²) in [5.41, 5.74) is 5.55. The van der Waals surface area contributed by atoms with Crippen molar-refractivity contribution in [3.05, 3.63) is 65.0 Å². The van der Waals surface area contributed by atoms with Gasteiger partial charge in [0, 0.05) is 11.5 Å². The van der Waals surface area contributed by atoms with E-state index in [-0.39, 0.29) is 29.6 Å². The smallest absolute Gasteiger partial charge is 0.416 e. The Kier molecular flexibility index (Phi) is 11.6. The molecule has 0 saturated carbocycles. The Balaban J connectivity index is 0.00000112. The van der Waals surface area contributed by atoms with Crippen LogP contribution < -0.4 is 10.5 Å². The van der Waals surface area contributed by atoms with Crippen LogP contribution in [0.1, 0.15) is 81.9 Å². The molecule has 3 rings (SSSR count). The van der Waals surface area contributed by atoms with E-state index in [1.807, 2.05) is 38.1 Å². The van der Waals surface area contributed by atoms with Gasteiger partial charge in [-0.05, 0) is 61.9 Å². The summed E-state index contributed by atoms with van der Waals surface area (Å²) in [6, 6.07) is 11.8. The minimum absolute atomic E-state index is 0.0753. The van der Waals surface area contributed by atoms with Gasteiger partial charge in [-0.3, -0.25) is 5.41 Å². The van der Waals surface area contributed by atoms with Gasteiger partial charge in [0.25, 0.3) is 0 Å². The molecule has 6 nitrogen and oxygen atoms in total. The molecule has 3 N–H and O–H groups in total. The first-order chi connectivity index (χ1) is 17.5. The minimum Gasteiger partial charge on any atom is -0.494 e. The molecule has 0 fully saturated rings. The third-order valence-corrected chi connectivity index (χ3v) is 5.61. The molecule has 0 bridgehead atoms. The van der Waals surface area contributed by atoms with Crippen LogP contribution in [0.2, 0.25) is 0 Å². The van der Waals surface area contributed by atoms with Crippen molar-refractivity contribution >= 4 is 5.84 Å². The van der Waals surface area contributed by atoms with Crippen molar-refractivity contribution in [1.29, 1.82) is 5.41 Å². The Morgan fingerprint density at radius 2 is 1.76 bits per heavy atom. The van der Waals surface area contributed by atoms with Crippen molar-refractivity contribution in [2.45, 2.75) is 78.3 Å². The van der Waals surface area contributed by atoms with Crippen molar-refractivity contribution in [2.24, 2.45) is 5.73 Å². The number of alkyl halides is 3. The fourth-order valence-corrected chi connectivity index (χ4v) is 3.64.